The fraction of sp³-hybridized carbons (Fsp3) is 0.615. The molecule has 0 aliphatic carbocycles. The average molecular weight is 236 g/mol. The van der Waals surface area contributed by atoms with Crippen LogP contribution >= 0.6 is 0 Å². The Morgan fingerprint density at radius 1 is 1.47 bits per heavy atom. The molecule has 0 radical (unpaired) electrons. The van der Waals surface area contributed by atoms with Gasteiger partial charge in [-0.1, -0.05) is 0 Å². The first kappa shape index (κ1) is 12.5. The van der Waals surface area contributed by atoms with Gasteiger partial charge in [0.2, 0.25) is 0 Å². The third kappa shape index (κ3) is 3.49. The molecular formula is C13H20N2O2. The van der Waals surface area contributed by atoms with Crippen molar-refractivity contribution in [3.05, 3.63) is 30.1 Å². The first-order chi connectivity index (χ1) is 8.29. The third-order valence-electron chi connectivity index (χ3n) is 3.28. The minimum atomic E-state index is -0.0244. The van der Waals surface area contributed by atoms with Gasteiger partial charge in [0.05, 0.1) is 19.3 Å². The van der Waals surface area contributed by atoms with Gasteiger partial charge in [0.15, 0.2) is 0 Å². The van der Waals surface area contributed by atoms with Crippen molar-refractivity contribution >= 4 is 0 Å². The van der Waals surface area contributed by atoms with Gasteiger partial charge in [0.25, 0.3) is 0 Å². The lowest BCUT2D eigenvalue weighted by molar-refractivity contribution is -0.0773. The fourth-order valence-corrected chi connectivity index (χ4v) is 2.12. The quantitative estimate of drug-likeness (QED) is 0.836. The van der Waals surface area contributed by atoms with E-state index in [0.717, 1.165) is 19.5 Å². The van der Waals surface area contributed by atoms with Crippen LogP contribution in [0.5, 0.6) is 0 Å². The van der Waals surface area contributed by atoms with Crippen LogP contribution in [-0.2, 0) is 11.2 Å². The zero-order chi connectivity index (χ0) is 12.1. The Kier molecular flexibility index (Phi) is 4.48. The minimum absolute atomic E-state index is 0.0244. The highest BCUT2D eigenvalue weighted by molar-refractivity contribution is 5.10. The molecule has 0 spiro atoms. The first-order valence-corrected chi connectivity index (χ1v) is 6.15. The maximum absolute atomic E-state index is 9.12. The predicted molar refractivity (Wildman–Crippen MR) is 65.8 cm³/mol. The van der Waals surface area contributed by atoms with Crippen molar-refractivity contribution in [1.29, 1.82) is 0 Å². The van der Waals surface area contributed by atoms with Crippen LogP contribution in [0.2, 0.25) is 0 Å². The van der Waals surface area contributed by atoms with E-state index in [1.54, 1.807) is 0 Å². The Balaban J connectivity index is 1.85. The van der Waals surface area contributed by atoms with E-state index in [0.29, 0.717) is 12.6 Å². The molecule has 1 aliphatic rings. The lowest BCUT2D eigenvalue weighted by atomic mass is 10.1. The number of hydrogen-bond donors (Lipinski definition) is 1. The Hall–Kier alpha value is -0.970. The number of aromatic nitrogens is 1. The SMILES string of the molecule is CC1COC(CO)CN1CCc1ccncc1. The number of nitrogens with zero attached hydrogens (tertiary/aromatic N) is 2. The highest BCUT2D eigenvalue weighted by Crippen LogP contribution is 2.12. The molecule has 1 N–H and O–H groups in total. The van der Waals surface area contributed by atoms with Gasteiger partial charge in [-0.2, -0.15) is 0 Å². The van der Waals surface area contributed by atoms with E-state index in [-0.39, 0.29) is 12.7 Å². The molecule has 4 nitrogen and oxygen atoms in total. The van der Waals surface area contributed by atoms with Crippen LogP contribution in [0.3, 0.4) is 0 Å². The van der Waals surface area contributed by atoms with Gasteiger partial charge in [-0.05, 0) is 31.0 Å². The van der Waals surface area contributed by atoms with Crippen LogP contribution in [0.25, 0.3) is 0 Å². The Morgan fingerprint density at radius 2 is 2.24 bits per heavy atom. The summed E-state index contributed by atoms with van der Waals surface area (Å²) in [5, 5.41) is 9.12. The molecule has 1 aliphatic heterocycles. The standard InChI is InChI=1S/C13H20N2O2/c1-11-10-17-13(9-16)8-15(11)7-4-12-2-5-14-6-3-12/h2-3,5-6,11,13,16H,4,7-10H2,1H3. The number of aliphatic hydroxyl groups excluding tert-OH is 1. The molecule has 2 rings (SSSR count). The van der Waals surface area contributed by atoms with Crippen molar-refractivity contribution in [2.45, 2.75) is 25.5 Å². The number of pyridine rings is 1. The van der Waals surface area contributed by atoms with Crippen LogP contribution in [0.4, 0.5) is 0 Å². The number of aliphatic hydroxyl groups is 1. The molecule has 2 heterocycles. The van der Waals surface area contributed by atoms with E-state index in [2.05, 4.69) is 28.9 Å². The van der Waals surface area contributed by atoms with Gasteiger partial charge < -0.3 is 9.84 Å². The van der Waals surface area contributed by atoms with E-state index in [1.807, 2.05) is 12.4 Å². The van der Waals surface area contributed by atoms with E-state index >= 15 is 0 Å². The van der Waals surface area contributed by atoms with Crippen LogP contribution < -0.4 is 0 Å². The second-order valence-corrected chi connectivity index (χ2v) is 4.59. The van der Waals surface area contributed by atoms with Gasteiger partial charge in [-0.15, -0.1) is 0 Å². The average Bonchev–Trinajstić information content (AvgIpc) is 2.39. The maximum atomic E-state index is 9.12. The molecule has 4 heteroatoms. The van der Waals surface area contributed by atoms with Crippen LogP contribution in [0.1, 0.15) is 12.5 Å². The van der Waals surface area contributed by atoms with Crippen LogP contribution in [0, 0.1) is 0 Å². The number of ether oxygens (including phenoxy) is 1. The Labute approximate surface area is 102 Å². The third-order valence-corrected chi connectivity index (χ3v) is 3.28. The highest BCUT2D eigenvalue weighted by Gasteiger charge is 2.24. The van der Waals surface area contributed by atoms with Gasteiger partial charge in [-0.3, -0.25) is 9.88 Å². The summed E-state index contributed by atoms with van der Waals surface area (Å²) in [6.07, 6.45) is 4.65. The number of rotatable bonds is 4. The molecule has 94 valence electrons. The van der Waals surface area contributed by atoms with Crippen molar-refractivity contribution < 1.29 is 9.84 Å². The molecule has 1 aromatic rings. The summed E-state index contributed by atoms with van der Waals surface area (Å²) in [6.45, 7) is 4.81. The molecule has 1 saturated heterocycles. The second-order valence-electron chi connectivity index (χ2n) is 4.59. The summed E-state index contributed by atoms with van der Waals surface area (Å²) >= 11 is 0. The van der Waals surface area contributed by atoms with Crippen LogP contribution in [0.15, 0.2) is 24.5 Å². The summed E-state index contributed by atoms with van der Waals surface area (Å²) in [5.41, 5.74) is 1.30. The molecular weight excluding hydrogens is 216 g/mol. The van der Waals surface area contributed by atoms with E-state index in [1.165, 1.54) is 5.56 Å². The zero-order valence-electron chi connectivity index (χ0n) is 10.2. The molecule has 17 heavy (non-hydrogen) atoms. The number of morpholine rings is 1. The summed E-state index contributed by atoms with van der Waals surface area (Å²) in [6, 6.07) is 4.53. The molecule has 0 amide bonds. The van der Waals surface area contributed by atoms with Gasteiger partial charge in [-0.25, -0.2) is 0 Å². The molecule has 1 fully saturated rings. The molecule has 0 saturated carbocycles. The lowest BCUT2D eigenvalue weighted by Gasteiger charge is -2.37. The van der Waals surface area contributed by atoms with E-state index in [4.69, 9.17) is 9.84 Å². The van der Waals surface area contributed by atoms with Crippen molar-refractivity contribution in [3.8, 4) is 0 Å². The van der Waals surface area contributed by atoms with Gasteiger partial charge in [0, 0.05) is 31.5 Å². The summed E-state index contributed by atoms with van der Waals surface area (Å²) in [5.74, 6) is 0. The predicted octanol–water partition coefficient (Wildman–Crippen LogP) is 0.706. The van der Waals surface area contributed by atoms with E-state index in [9.17, 15) is 0 Å². The van der Waals surface area contributed by atoms with Crippen LogP contribution in [-0.4, -0.2) is 53.4 Å². The Bertz CT molecular complexity index is 331. The number of hydrogen-bond acceptors (Lipinski definition) is 4. The summed E-state index contributed by atoms with van der Waals surface area (Å²) in [7, 11) is 0. The lowest BCUT2D eigenvalue weighted by Crippen LogP contribution is -2.50. The van der Waals surface area contributed by atoms with Crippen molar-refractivity contribution in [3.63, 3.8) is 0 Å². The monoisotopic (exact) mass is 236 g/mol. The molecule has 2 unspecified atom stereocenters. The van der Waals surface area contributed by atoms with Crippen molar-refractivity contribution in [2.75, 3.05) is 26.3 Å². The largest absolute Gasteiger partial charge is 0.394 e. The second kappa shape index (κ2) is 6.10. The fourth-order valence-electron chi connectivity index (χ4n) is 2.12. The Morgan fingerprint density at radius 3 is 2.94 bits per heavy atom. The molecule has 2 atom stereocenters. The normalized spacial score (nSPS) is 26.0. The molecule has 0 aromatic carbocycles. The molecule has 1 aromatic heterocycles. The minimum Gasteiger partial charge on any atom is -0.394 e. The van der Waals surface area contributed by atoms with Gasteiger partial charge in [0.1, 0.15) is 0 Å². The summed E-state index contributed by atoms with van der Waals surface area (Å²) < 4.78 is 5.52. The van der Waals surface area contributed by atoms with Gasteiger partial charge >= 0.3 is 0 Å². The van der Waals surface area contributed by atoms with Crippen molar-refractivity contribution in [2.24, 2.45) is 0 Å². The highest BCUT2D eigenvalue weighted by atomic mass is 16.5. The van der Waals surface area contributed by atoms with Crippen molar-refractivity contribution in [1.82, 2.24) is 9.88 Å². The maximum Gasteiger partial charge on any atom is 0.0933 e. The summed E-state index contributed by atoms with van der Waals surface area (Å²) in [4.78, 5) is 6.39. The van der Waals surface area contributed by atoms with E-state index < -0.39 is 0 Å². The first-order valence-electron chi connectivity index (χ1n) is 6.15. The molecule has 0 bridgehead atoms. The smallest absolute Gasteiger partial charge is 0.0933 e. The zero-order valence-corrected chi connectivity index (χ0v) is 10.2. The topological polar surface area (TPSA) is 45.6 Å².